The van der Waals surface area contributed by atoms with Gasteiger partial charge in [-0.15, -0.1) is 11.6 Å². The van der Waals surface area contributed by atoms with Gasteiger partial charge in [0.25, 0.3) is 0 Å². The third-order valence-corrected chi connectivity index (χ3v) is 2.15. The number of aromatic nitrogens is 1. The van der Waals surface area contributed by atoms with Crippen LogP contribution in [0.1, 0.15) is 11.7 Å². The lowest BCUT2D eigenvalue weighted by atomic mass is 10.1. The SMILES string of the molecule is COc1ncccc1C(O)C(O)CCl. The van der Waals surface area contributed by atoms with Crippen molar-refractivity contribution in [3.8, 4) is 5.88 Å². The molecule has 0 aliphatic heterocycles. The molecule has 4 nitrogen and oxygen atoms in total. The normalized spacial score (nSPS) is 14.9. The van der Waals surface area contributed by atoms with Gasteiger partial charge >= 0.3 is 0 Å². The van der Waals surface area contributed by atoms with Gasteiger partial charge in [-0.2, -0.15) is 0 Å². The standard InChI is InChI=1S/C9H12ClNO3/c1-14-9-6(3-2-4-11-9)8(13)7(12)5-10/h2-4,7-8,12-13H,5H2,1H3. The smallest absolute Gasteiger partial charge is 0.218 e. The summed E-state index contributed by atoms with van der Waals surface area (Å²) in [6.45, 7) is 0. The molecule has 0 amide bonds. The van der Waals surface area contributed by atoms with E-state index in [2.05, 4.69) is 4.98 Å². The molecule has 0 spiro atoms. The Morgan fingerprint density at radius 2 is 2.29 bits per heavy atom. The third-order valence-electron chi connectivity index (χ3n) is 1.84. The molecule has 0 aliphatic carbocycles. The van der Waals surface area contributed by atoms with Crippen LogP contribution in [0.4, 0.5) is 0 Å². The molecule has 2 unspecified atom stereocenters. The van der Waals surface area contributed by atoms with Crippen molar-refractivity contribution in [3.63, 3.8) is 0 Å². The van der Waals surface area contributed by atoms with E-state index in [1.54, 1.807) is 18.3 Å². The fraction of sp³-hybridized carbons (Fsp3) is 0.444. The van der Waals surface area contributed by atoms with E-state index in [-0.39, 0.29) is 5.88 Å². The van der Waals surface area contributed by atoms with Crippen LogP contribution >= 0.6 is 11.6 Å². The summed E-state index contributed by atoms with van der Waals surface area (Å²) >= 11 is 5.42. The van der Waals surface area contributed by atoms with Crippen LogP contribution < -0.4 is 4.74 Å². The van der Waals surface area contributed by atoms with Gasteiger partial charge in [0.05, 0.1) is 19.1 Å². The molecule has 5 heteroatoms. The van der Waals surface area contributed by atoms with Crippen molar-refractivity contribution >= 4 is 11.6 Å². The number of hydrogen-bond acceptors (Lipinski definition) is 4. The van der Waals surface area contributed by atoms with Crippen molar-refractivity contribution in [1.82, 2.24) is 4.98 Å². The number of rotatable bonds is 4. The van der Waals surface area contributed by atoms with E-state index in [4.69, 9.17) is 16.3 Å². The maximum atomic E-state index is 9.65. The van der Waals surface area contributed by atoms with Crippen LogP contribution in [0, 0.1) is 0 Å². The van der Waals surface area contributed by atoms with Crippen molar-refractivity contribution in [2.45, 2.75) is 12.2 Å². The minimum absolute atomic E-state index is 0.0424. The summed E-state index contributed by atoms with van der Waals surface area (Å²) < 4.78 is 4.94. The number of alkyl halides is 1. The molecule has 78 valence electrons. The van der Waals surface area contributed by atoms with Gasteiger partial charge in [0.2, 0.25) is 5.88 Å². The maximum Gasteiger partial charge on any atom is 0.218 e. The second-order valence-electron chi connectivity index (χ2n) is 2.77. The van der Waals surface area contributed by atoms with E-state index in [0.717, 1.165) is 0 Å². The van der Waals surface area contributed by atoms with Crippen LogP contribution in [0.5, 0.6) is 5.88 Å². The monoisotopic (exact) mass is 217 g/mol. The Bertz CT molecular complexity index is 295. The average molecular weight is 218 g/mol. The highest BCUT2D eigenvalue weighted by molar-refractivity contribution is 6.18. The van der Waals surface area contributed by atoms with E-state index < -0.39 is 12.2 Å². The number of halogens is 1. The summed E-state index contributed by atoms with van der Waals surface area (Å²) in [5.74, 6) is 0.253. The van der Waals surface area contributed by atoms with Crippen molar-refractivity contribution in [1.29, 1.82) is 0 Å². The van der Waals surface area contributed by atoms with E-state index >= 15 is 0 Å². The molecule has 0 saturated carbocycles. The predicted octanol–water partition coefficient (Wildman–Crippen LogP) is 0.723. The zero-order valence-corrected chi connectivity index (χ0v) is 8.48. The predicted molar refractivity (Wildman–Crippen MR) is 52.5 cm³/mol. The number of ether oxygens (including phenoxy) is 1. The summed E-state index contributed by atoms with van der Waals surface area (Å²) in [6.07, 6.45) is -0.548. The summed E-state index contributed by atoms with van der Waals surface area (Å²) in [5, 5.41) is 19.0. The molecule has 1 aromatic rings. The van der Waals surface area contributed by atoms with E-state index in [9.17, 15) is 10.2 Å². The Morgan fingerprint density at radius 3 is 2.86 bits per heavy atom. The Balaban J connectivity index is 2.93. The molecular formula is C9H12ClNO3. The van der Waals surface area contributed by atoms with Crippen LogP contribution in [0.15, 0.2) is 18.3 Å². The largest absolute Gasteiger partial charge is 0.481 e. The second-order valence-corrected chi connectivity index (χ2v) is 3.08. The van der Waals surface area contributed by atoms with Gasteiger partial charge in [-0.05, 0) is 12.1 Å². The number of aliphatic hydroxyl groups excluding tert-OH is 2. The first-order valence-electron chi connectivity index (χ1n) is 4.11. The lowest BCUT2D eigenvalue weighted by Crippen LogP contribution is -2.20. The minimum atomic E-state index is -1.07. The Labute approximate surface area is 87.1 Å². The zero-order valence-electron chi connectivity index (χ0n) is 7.72. The van der Waals surface area contributed by atoms with Crippen LogP contribution in [0.2, 0.25) is 0 Å². The molecule has 0 bridgehead atoms. The number of hydrogen-bond donors (Lipinski definition) is 2. The second kappa shape index (κ2) is 5.14. The van der Waals surface area contributed by atoms with E-state index in [1.807, 2.05) is 0 Å². The molecule has 2 atom stereocenters. The average Bonchev–Trinajstić information content (AvgIpc) is 2.26. The molecule has 0 fully saturated rings. The summed E-state index contributed by atoms with van der Waals surface area (Å²) in [5.41, 5.74) is 0.433. The van der Waals surface area contributed by atoms with Crippen LogP contribution in [0.3, 0.4) is 0 Å². The van der Waals surface area contributed by atoms with Crippen LogP contribution in [0.25, 0.3) is 0 Å². The highest BCUT2D eigenvalue weighted by Crippen LogP contribution is 2.24. The first-order valence-corrected chi connectivity index (χ1v) is 4.65. The quantitative estimate of drug-likeness (QED) is 0.730. The molecule has 14 heavy (non-hydrogen) atoms. The molecule has 1 aromatic heterocycles. The minimum Gasteiger partial charge on any atom is -0.481 e. The molecule has 2 N–H and O–H groups in total. The van der Waals surface area contributed by atoms with Crippen LogP contribution in [-0.2, 0) is 0 Å². The Hall–Kier alpha value is -0.840. The molecule has 0 aromatic carbocycles. The zero-order chi connectivity index (χ0) is 10.6. The number of nitrogens with zero attached hydrogens (tertiary/aromatic N) is 1. The van der Waals surface area contributed by atoms with Gasteiger partial charge in [-0.1, -0.05) is 0 Å². The summed E-state index contributed by atoms with van der Waals surface area (Å²) in [7, 11) is 1.45. The van der Waals surface area contributed by atoms with Crippen molar-refractivity contribution < 1.29 is 14.9 Å². The third kappa shape index (κ3) is 2.35. The highest BCUT2D eigenvalue weighted by Gasteiger charge is 2.21. The lowest BCUT2D eigenvalue weighted by Gasteiger charge is -2.17. The Morgan fingerprint density at radius 1 is 1.57 bits per heavy atom. The molecule has 0 aliphatic rings. The van der Waals surface area contributed by atoms with Gasteiger partial charge < -0.3 is 14.9 Å². The topological polar surface area (TPSA) is 62.6 Å². The molecule has 1 heterocycles. The Kier molecular flexibility index (Phi) is 4.13. The van der Waals surface area contributed by atoms with Crippen LogP contribution in [-0.4, -0.2) is 34.3 Å². The molecule has 0 saturated heterocycles. The van der Waals surface area contributed by atoms with E-state index in [1.165, 1.54) is 7.11 Å². The van der Waals surface area contributed by atoms with Crippen molar-refractivity contribution in [2.24, 2.45) is 0 Å². The molecule has 0 radical (unpaired) electrons. The fourth-order valence-corrected chi connectivity index (χ4v) is 1.26. The van der Waals surface area contributed by atoms with Gasteiger partial charge in [0.1, 0.15) is 6.10 Å². The fourth-order valence-electron chi connectivity index (χ4n) is 1.09. The highest BCUT2D eigenvalue weighted by atomic mass is 35.5. The lowest BCUT2D eigenvalue weighted by molar-refractivity contribution is 0.0308. The molecule has 1 rings (SSSR count). The molecular weight excluding hydrogens is 206 g/mol. The maximum absolute atomic E-state index is 9.65. The van der Waals surface area contributed by atoms with Gasteiger partial charge in [-0.3, -0.25) is 0 Å². The number of pyridine rings is 1. The first kappa shape index (κ1) is 11.2. The van der Waals surface area contributed by atoms with Crippen molar-refractivity contribution in [3.05, 3.63) is 23.9 Å². The number of methoxy groups -OCH3 is 1. The van der Waals surface area contributed by atoms with E-state index in [0.29, 0.717) is 11.4 Å². The summed E-state index contributed by atoms with van der Waals surface area (Å²) in [4.78, 5) is 3.90. The van der Waals surface area contributed by atoms with Gasteiger partial charge in [0, 0.05) is 11.8 Å². The summed E-state index contributed by atoms with van der Waals surface area (Å²) in [6, 6.07) is 3.29. The first-order chi connectivity index (χ1) is 6.70. The van der Waals surface area contributed by atoms with Crippen molar-refractivity contribution in [2.75, 3.05) is 13.0 Å². The number of aliphatic hydroxyl groups is 2. The van der Waals surface area contributed by atoms with Gasteiger partial charge in [-0.25, -0.2) is 4.98 Å². The van der Waals surface area contributed by atoms with Gasteiger partial charge in [0.15, 0.2) is 0 Å².